The summed E-state index contributed by atoms with van der Waals surface area (Å²) in [5, 5.41) is 13.3. The Morgan fingerprint density at radius 3 is 2.58 bits per heavy atom. The molecule has 0 spiro atoms. The number of aliphatic hydroxyl groups is 1. The van der Waals surface area contributed by atoms with Crippen molar-refractivity contribution in [1.82, 2.24) is 14.5 Å². The van der Waals surface area contributed by atoms with Crippen LogP contribution in [0.2, 0.25) is 0 Å². The van der Waals surface area contributed by atoms with Gasteiger partial charge in [-0.3, -0.25) is 14.3 Å². The minimum atomic E-state index is -3.02. The molecule has 2 aromatic rings. The van der Waals surface area contributed by atoms with E-state index in [0.717, 1.165) is 0 Å². The second kappa shape index (κ2) is 9.69. The summed E-state index contributed by atoms with van der Waals surface area (Å²) in [6.07, 6.45) is -2.03. The predicted octanol–water partition coefficient (Wildman–Crippen LogP) is -0.501. The Kier molecular flexibility index (Phi) is 6.91. The number of sulfone groups is 1. The molecule has 3 heterocycles. The van der Waals surface area contributed by atoms with E-state index >= 15 is 0 Å². The van der Waals surface area contributed by atoms with E-state index in [2.05, 4.69) is 10.3 Å². The molecule has 2 N–H and O–H groups in total. The van der Waals surface area contributed by atoms with Gasteiger partial charge in [0.25, 0.3) is 5.91 Å². The van der Waals surface area contributed by atoms with Gasteiger partial charge in [-0.25, -0.2) is 13.2 Å². The maximum absolute atomic E-state index is 12.7. The summed E-state index contributed by atoms with van der Waals surface area (Å²) in [4.78, 5) is 30.8. The molecule has 0 unspecified atom stereocenters. The zero-order valence-electron chi connectivity index (χ0n) is 18.0. The average molecular weight is 479 g/mol. The smallest absolute Gasteiger partial charge is 0.351 e. The molecule has 12 heteroatoms. The van der Waals surface area contributed by atoms with Gasteiger partial charge in [-0.2, -0.15) is 4.98 Å². The van der Waals surface area contributed by atoms with E-state index in [0.29, 0.717) is 25.2 Å². The molecule has 1 amide bonds. The number of ether oxygens (including phenoxy) is 2. The van der Waals surface area contributed by atoms with Crippen LogP contribution in [-0.4, -0.2) is 90.4 Å². The number of methoxy groups -OCH3 is 1. The summed E-state index contributed by atoms with van der Waals surface area (Å²) < 4.78 is 35.9. The highest BCUT2D eigenvalue weighted by atomic mass is 32.2. The number of hydrogen-bond acceptors (Lipinski definition) is 9. The summed E-state index contributed by atoms with van der Waals surface area (Å²) in [6.45, 7) is 1.02. The first-order valence-corrected chi connectivity index (χ1v) is 12.3. The zero-order valence-corrected chi connectivity index (χ0v) is 18.8. The molecule has 2 saturated heterocycles. The third-order valence-corrected chi connectivity index (χ3v) is 7.45. The molecule has 2 aliphatic rings. The lowest BCUT2D eigenvalue weighted by atomic mass is 10.1. The van der Waals surface area contributed by atoms with E-state index in [1.165, 1.54) is 23.9 Å². The fourth-order valence-corrected chi connectivity index (χ4v) is 5.27. The molecule has 0 radical (unpaired) electrons. The molecule has 11 nitrogen and oxygen atoms in total. The van der Waals surface area contributed by atoms with Gasteiger partial charge < -0.3 is 19.9 Å². The summed E-state index contributed by atoms with van der Waals surface area (Å²) in [6, 6.07) is 10.0. The highest BCUT2D eigenvalue weighted by molar-refractivity contribution is 7.91. The van der Waals surface area contributed by atoms with Crippen LogP contribution in [0.5, 0.6) is 0 Å². The first-order chi connectivity index (χ1) is 15.8. The van der Waals surface area contributed by atoms with E-state index in [9.17, 15) is 23.1 Å². The molecule has 178 valence electrons. The van der Waals surface area contributed by atoms with Crippen molar-refractivity contribution >= 4 is 21.6 Å². The normalized spacial score (nSPS) is 27.3. The van der Waals surface area contributed by atoms with Crippen LogP contribution >= 0.6 is 0 Å². The van der Waals surface area contributed by atoms with Crippen LogP contribution in [0.15, 0.2) is 47.4 Å². The number of hydrogen-bond donors (Lipinski definition) is 2. The van der Waals surface area contributed by atoms with Gasteiger partial charge >= 0.3 is 5.69 Å². The van der Waals surface area contributed by atoms with E-state index < -0.39 is 46.0 Å². The van der Waals surface area contributed by atoms with Crippen molar-refractivity contribution in [2.24, 2.45) is 0 Å². The number of rotatable bonds is 6. The van der Waals surface area contributed by atoms with Crippen LogP contribution in [0.1, 0.15) is 16.6 Å². The Morgan fingerprint density at radius 2 is 1.94 bits per heavy atom. The minimum Gasteiger partial charge on any atom is -0.387 e. The van der Waals surface area contributed by atoms with Crippen molar-refractivity contribution in [3.8, 4) is 0 Å². The molecule has 4 atom stereocenters. The van der Waals surface area contributed by atoms with Crippen LogP contribution in [0, 0.1) is 0 Å². The number of carbonyl (C=O) groups is 1. The minimum absolute atomic E-state index is 0.0620. The van der Waals surface area contributed by atoms with Crippen molar-refractivity contribution in [1.29, 1.82) is 0 Å². The van der Waals surface area contributed by atoms with Gasteiger partial charge in [-0.15, -0.1) is 0 Å². The molecule has 0 bridgehead atoms. The Hall–Kier alpha value is -2.64. The molecule has 1 aromatic heterocycles. The van der Waals surface area contributed by atoms with Gasteiger partial charge in [0.05, 0.1) is 11.5 Å². The summed E-state index contributed by atoms with van der Waals surface area (Å²) in [5.74, 6) is -0.186. The first-order valence-electron chi connectivity index (χ1n) is 10.5. The lowest BCUT2D eigenvalue weighted by Crippen LogP contribution is -2.46. The number of benzene rings is 1. The average Bonchev–Trinajstić information content (AvgIpc) is 3.10. The monoisotopic (exact) mass is 478 g/mol. The van der Waals surface area contributed by atoms with Crippen molar-refractivity contribution < 1.29 is 27.8 Å². The number of aromatic nitrogens is 2. The lowest BCUT2D eigenvalue weighted by Gasteiger charge is -2.29. The quantitative estimate of drug-likeness (QED) is 0.562. The van der Waals surface area contributed by atoms with Crippen LogP contribution < -0.4 is 11.0 Å². The van der Waals surface area contributed by atoms with Crippen LogP contribution in [0.4, 0.5) is 5.82 Å². The highest BCUT2D eigenvalue weighted by Gasteiger charge is 2.46. The largest absolute Gasteiger partial charge is 0.387 e. The molecular formula is C21H26N4O7S. The molecule has 2 fully saturated rings. The molecule has 33 heavy (non-hydrogen) atoms. The third kappa shape index (κ3) is 5.31. The summed E-state index contributed by atoms with van der Waals surface area (Å²) in [5.41, 5.74) is -0.247. The number of carbonyl (C=O) groups excluding carboxylic acids is 1. The maximum Gasteiger partial charge on any atom is 0.351 e. The first kappa shape index (κ1) is 23.5. The number of nitrogens with one attached hydrogen (secondary N) is 1. The van der Waals surface area contributed by atoms with Gasteiger partial charge in [-0.05, 0) is 18.2 Å². The lowest BCUT2D eigenvalue weighted by molar-refractivity contribution is -0.0579. The number of amides is 1. The number of nitrogens with zero attached hydrogens (tertiary/aromatic N) is 3. The van der Waals surface area contributed by atoms with Gasteiger partial charge in [0.2, 0.25) is 0 Å². The standard InChI is InChI=1S/C21H26N4O7S/c1-31-18-17(26)15(13-24-9-11-33(29,30)12-10-24)32-20(18)25-8-7-16(23-21(25)28)22-19(27)14-5-3-2-4-6-14/h2-8,15,17-18,20,26H,9-13H2,1H3,(H,22,23,27,28)/t15-,17-,18-,20-/m1/s1. The van der Waals surface area contributed by atoms with Gasteiger partial charge in [0, 0.05) is 38.5 Å². The van der Waals surface area contributed by atoms with Crippen LogP contribution in [0.3, 0.4) is 0 Å². The topological polar surface area (TPSA) is 140 Å². The second-order valence-corrected chi connectivity index (χ2v) is 10.3. The Bertz CT molecular complexity index is 1140. The maximum atomic E-state index is 12.7. The van der Waals surface area contributed by atoms with Crippen molar-refractivity contribution in [3.05, 3.63) is 58.6 Å². The molecular weight excluding hydrogens is 452 g/mol. The molecule has 4 rings (SSSR count). The van der Waals surface area contributed by atoms with E-state index in [1.54, 1.807) is 30.3 Å². The second-order valence-electron chi connectivity index (χ2n) is 8.03. The number of anilines is 1. The van der Waals surface area contributed by atoms with Gasteiger partial charge in [-0.1, -0.05) is 18.2 Å². The van der Waals surface area contributed by atoms with Gasteiger partial charge in [0.1, 0.15) is 24.1 Å². The van der Waals surface area contributed by atoms with Crippen LogP contribution in [0.25, 0.3) is 0 Å². The van der Waals surface area contributed by atoms with E-state index in [4.69, 9.17) is 9.47 Å². The van der Waals surface area contributed by atoms with Crippen molar-refractivity contribution in [2.75, 3.05) is 43.6 Å². The Morgan fingerprint density at radius 1 is 1.24 bits per heavy atom. The van der Waals surface area contributed by atoms with E-state index in [-0.39, 0.29) is 17.3 Å². The molecule has 1 aromatic carbocycles. The zero-order chi connectivity index (χ0) is 23.6. The number of aliphatic hydroxyl groups excluding tert-OH is 1. The highest BCUT2D eigenvalue weighted by Crippen LogP contribution is 2.31. The van der Waals surface area contributed by atoms with E-state index in [1.807, 2.05) is 4.90 Å². The molecule has 0 aliphatic carbocycles. The third-order valence-electron chi connectivity index (χ3n) is 5.84. The molecule has 2 aliphatic heterocycles. The predicted molar refractivity (Wildman–Crippen MR) is 119 cm³/mol. The SMILES string of the molecule is CO[C@@H]1[C@H](O)[C@@H](CN2CCS(=O)(=O)CC2)O[C@H]1n1ccc(NC(=O)c2ccccc2)nc1=O. The fourth-order valence-electron chi connectivity index (χ4n) is 3.99. The van der Waals surface area contributed by atoms with Crippen LogP contribution in [-0.2, 0) is 19.3 Å². The molecule has 0 saturated carbocycles. The van der Waals surface area contributed by atoms with Crippen molar-refractivity contribution in [3.63, 3.8) is 0 Å². The summed E-state index contributed by atoms with van der Waals surface area (Å²) >= 11 is 0. The fraction of sp³-hybridized carbons (Fsp3) is 0.476. The summed E-state index contributed by atoms with van der Waals surface area (Å²) in [7, 11) is -1.61. The van der Waals surface area contributed by atoms with Crippen molar-refractivity contribution in [2.45, 2.75) is 24.5 Å². The Labute approximate surface area is 190 Å². The Balaban J connectivity index is 1.46. The van der Waals surface area contributed by atoms with Gasteiger partial charge in [0.15, 0.2) is 16.1 Å².